The molecule has 1 aliphatic rings. The summed E-state index contributed by atoms with van der Waals surface area (Å²) in [7, 11) is 0. The van der Waals surface area contributed by atoms with E-state index < -0.39 is 4.92 Å². The predicted molar refractivity (Wildman–Crippen MR) is 120 cm³/mol. The zero-order chi connectivity index (χ0) is 21.2. The lowest BCUT2D eigenvalue weighted by atomic mass is 9.97. The molecule has 158 valence electrons. The standard InChI is InChI=1S/C22H31N3O3S/c1-4-15-24(16-5-2)21-17(9-12-20(21)29-6-3)13-14-23-22(26)18-7-10-19(11-8-18)25(27)28/h4-5,7-8,10-11,17,20-21H,1-2,6,9,12-16H2,3H3,(H,23,26). The van der Waals surface area contributed by atoms with E-state index in [0.29, 0.717) is 29.3 Å². The highest BCUT2D eigenvalue weighted by atomic mass is 32.2. The van der Waals surface area contributed by atoms with Crippen molar-refractivity contribution in [2.75, 3.05) is 25.4 Å². The van der Waals surface area contributed by atoms with E-state index in [-0.39, 0.29) is 11.6 Å². The Morgan fingerprint density at radius 1 is 1.28 bits per heavy atom. The summed E-state index contributed by atoms with van der Waals surface area (Å²) < 4.78 is 0. The Morgan fingerprint density at radius 2 is 1.93 bits per heavy atom. The number of non-ortho nitro benzene ring substituents is 1. The second kappa shape index (κ2) is 11.8. The van der Waals surface area contributed by atoms with Gasteiger partial charge in [-0.05, 0) is 43.1 Å². The minimum Gasteiger partial charge on any atom is -0.352 e. The number of thioether (sulfide) groups is 1. The van der Waals surface area contributed by atoms with Crippen molar-refractivity contribution in [3.8, 4) is 0 Å². The lowest BCUT2D eigenvalue weighted by Crippen LogP contribution is -2.44. The summed E-state index contributed by atoms with van der Waals surface area (Å²) in [5.74, 6) is 1.42. The summed E-state index contributed by atoms with van der Waals surface area (Å²) in [6.07, 6.45) is 7.15. The number of nitrogens with zero attached hydrogens (tertiary/aromatic N) is 2. The highest BCUT2D eigenvalue weighted by Crippen LogP contribution is 2.39. The molecule has 1 saturated carbocycles. The number of hydrogen-bond donors (Lipinski definition) is 1. The first kappa shape index (κ1) is 23.2. The van der Waals surface area contributed by atoms with Crippen LogP contribution in [0, 0.1) is 16.0 Å². The van der Waals surface area contributed by atoms with Crippen molar-refractivity contribution in [2.45, 2.75) is 37.5 Å². The van der Waals surface area contributed by atoms with E-state index in [0.717, 1.165) is 31.7 Å². The van der Waals surface area contributed by atoms with Gasteiger partial charge in [-0.1, -0.05) is 19.1 Å². The third kappa shape index (κ3) is 6.44. The van der Waals surface area contributed by atoms with Gasteiger partial charge in [0.05, 0.1) is 4.92 Å². The van der Waals surface area contributed by atoms with Gasteiger partial charge in [0.25, 0.3) is 11.6 Å². The third-order valence-corrected chi connectivity index (χ3v) is 6.63. The van der Waals surface area contributed by atoms with Crippen LogP contribution in [0.4, 0.5) is 5.69 Å². The molecule has 0 radical (unpaired) electrons. The van der Waals surface area contributed by atoms with Crippen LogP contribution in [0.1, 0.15) is 36.5 Å². The molecular weight excluding hydrogens is 386 g/mol. The van der Waals surface area contributed by atoms with Crippen molar-refractivity contribution < 1.29 is 9.72 Å². The molecule has 3 unspecified atom stereocenters. The van der Waals surface area contributed by atoms with Crippen LogP contribution in [-0.2, 0) is 0 Å². The zero-order valence-corrected chi connectivity index (χ0v) is 17.9. The number of carbonyl (C=O) groups excluding carboxylic acids is 1. The number of nitro groups is 1. The van der Waals surface area contributed by atoms with E-state index in [1.807, 2.05) is 23.9 Å². The van der Waals surface area contributed by atoms with Crippen LogP contribution in [-0.4, -0.2) is 52.4 Å². The highest BCUT2D eigenvalue weighted by molar-refractivity contribution is 7.99. The number of nitro benzene ring substituents is 1. The molecule has 0 heterocycles. The Bertz CT molecular complexity index is 698. The fourth-order valence-corrected chi connectivity index (χ4v) is 5.45. The SMILES string of the molecule is C=CCN(CC=C)C1C(CCNC(=O)c2ccc([N+](=O)[O-])cc2)CCC1SCC. The predicted octanol–water partition coefficient (Wildman–Crippen LogP) is 4.29. The average molecular weight is 418 g/mol. The summed E-state index contributed by atoms with van der Waals surface area (Å²) in [6.45, 7) is 12.3. The molecule has 1 aliphatic carbocycles. The van der Waals surface area contributed by atoms with Crippen LogP contribution in [0.5, 0.6) is 0 Å². The van der Waals surface area contributed by atoms with E-state index in [1.165, 1.54) is 30.7 Å². The smallest absolute Gasteiger partial charge is 0.269 e. The normalized spacial score (nSPS) is 21.1. The highest BCUT2D eigenvalue weighted by Gasteiger charge is 2.38. The lowest BCUT2D eigenvalue weighted by molar-refractivity contribution is -0.384. The van der Waals surface area contributed by atoms with Gasteiger partial charge in [-0.25, -0.2) is 0 Å². The number of amides is 1. The van der Waals surface area contributed by atoms with E-state index in [1.54, 1.807) is 0 Å². The van der Waals surface area contributed by atoms with Gasteiger partial charge in [0.1, 0.15) is 0 Å². The molecule has 7 heteroatoms. The summed E-state index contributed by atoms with van der Waals surface area (Å²) in [5, 5.41) is 14.3. The van der Waals surface area contributed by atoms with Gasteiger partial charge in [-0.3, -0.25) is 19.8 Å². The summed E-state index contributed by atoms with van der Waals surface area (Å²) >= 11 is 2.02. The molecule has 29 heavy (non-hydrogen) atoms. The quantitative estimate of drug-likeness (QED) is 0.312. The van der Waals surface area contributed by atoms with Gasteiger partial charge in [0.15, 0.2) is 0 Å². The molecule has 1 fully saturated rings. The van der Waals surface area contributed by atoms with E-state index in [9.17, 15) is 14.9 Å². The van der Waals surface area contributed by atoms with Crippen molar-refractivity contribution in [1.29, 1.82) is 0 Å². The maximum atomic E-state index is 12.4. The fraction of sp³-hybridized carbons (Fsp3) is 0.500. The van der Waals surface area contributed by atoms with Gasteiger partial charge in [0, 0.05) is 48.6 Å². The monoisotopic (exact) mass is 417 g/mol. The molecular formula is C22H31N3O3S. The van der Waals surface area contributed by atoms with Crippen LogP contribution >= 0.6 is 11.8 Å². The second-order valence-corrected chi connectivity index (χ2v) is 8.72. The first-order chi connectivity index (χ1) is 14.0. The van der Waals surface area contributed by atoms with Crippen molar-refractivity contribution in [2.24, 2.45) is 5.92 Å². The largest absolute Gasteiger partial charge is 0.352 e. The number of rotatable bonds is 12. The molecule has 0 bridgehead atoms. The first-order valence-corrected chi connectivity index (χ1v) is 11.2. The maximum absolute atomic E-state index is 12.4. The van der Waals surface area contributed by atoms with Crippen LogP contribution in [0.3, 0.4) is 0 Å². The third-order valence-electron chi connectivity index (χ3n) is 5.36. The number of hydrogen-bond acceptors (Lipinski definition) is 5. The molecule has 3 atom stereocenters. The van der Waals surface area contributed by atoms with Gasteiger partial charge in [-0.15, -0.1) is 13.2 Å². The van der Waals surface area contributed by atoms with Crippen molar-refractivity contribution in [3.63, 3.8) is 0 Å². The minimum atomic E-state index is -0.467. The molecule has 0 aliphatic heterocycles. The Labute approximate surface area is 177 Å². The maximum Gasteiger partial charge on any atom is 0.269 e. The van der Waals surface area contributed by atoms with Gasteiger partial charge >= 0.3 is 0 Å². The molecule has 1 N–H and O–H groups in total. The fourth-order valence-electron chi connectivity index (χ4n) is 4.13. The molecule has 6 nitrogen and oxygen atoms in total. The van der Waals surface area contributed by atoms with Crippen LogP contribution in [0.2, 0.25) is 0 Å². The van der Waals surface area contributed by atoms with Crippen LogP contribution in [0.15, 0.2) is 49.6 Å². The lowest BCUT2D eigenvalue weighted by Gasteiger charge is -2.35. The average Bonchev–Trinajstić information content (AvgIpc) is 3.10. The first-order valence-electron chi connectivity index (χ1n) is 10.1. The summed E-state index contributed by atoms with van der Waals surface area (Å²) in [5.41, 5.74) is 0.428. The molecule has 0 spiro atoms. The molecule has 2 rings (SSSR count). The van der Waals surface area contributed by atoms with Gasteiger partial charge in [0.2, 0.25) is 0 Å². The molecule has 0 saturated heterocycles. The summed E-state index contributed by atoms with van der Waals surface area (Å²) in [4.78, 5) is 25.1. The Morgan fingerprint density at radius 3 is 2.48 bits per heavy atom. The molecule has 0 aromatic heterocycles. The van der Waals surface area contributed by atoms with Gasteiger partial charge in [-0.2, -0.15) is 11.8 Å². The Hall–Kier alpha value is -2.12. The van der Waals surface area contributed by atoms with Gasteiger partial charge < -0.3 is 5.32 Å². The second-order valence-electron chi connectivity index (χ2n) is 7.20. The molecule has 1 aromatic carbocycles. The Kier molecular flexibility index (Phi) is 9.41. The number of benzene rings is 1. The minimum absolute atomic E-state index is 0.0145. The van der Waals surface area contributed by atoms with E-state index in [2.05, 4.69) is 30.3 Å². The van der Waals surface area contributed by atoms with Crippen LogP contribution in [0.25, 0.3) is 0 Å². The number of carbonyl (C=O) groups is 1. The van der Waals surface area contributed by atoms with Crippen LogP contribution < -0.4 is 5.32 Å². The number of nitrogens with one attached hydrogen (secondary N) is 1. The molecule has 1 amide bonds. The van der Waals surface area contributed by atoms with Crippen molar-refractivity contribution in [1.82, 2.24) is 10.2 Å². The topological polar surface area (TPSA) is 75.5 Å². The summed E-state index contributed by atoms with van der Waals surface area (Å²) in [6, 6.07) is 6.16. The zero-order valence-electron chi connectivity index (χ0n) is 17.1. The van der Waals surface area contributed by atoms with E-state index >= 15 is 0 Å². The van der Waals surface area contributed by atoms with Crippen molar-refractivity contribution >= 4 is 23.4 Å². The molecule has 1 aromatic rings. The van der Waals surface area contributed by atoms with Crippen molar-refractivity contribution in [3.05, 3.63) is 65.3 Å². The van der Waals surface area contributed by atoms with E-state index in [4.69, 9.17) is 0 Å². The Balaban J connectivity index is 1.96.